The van der Waals surface area contributed by atoms with Crippen LogP contribution in [0.1, 0.15) is 5.56 Å². The van der Waals surface area contributed by atoms with Crippen LogP contribution in [0.5, 0.6) is 0 Å². The molecule has 1 aromatic rings. The summed E-state index contributed by atoms with van der Waals surface area (Å²) in [6.07, 6.45) is 0.793. The molecule has 0 radical (unpaired) electrons. The minimum absolute atomic E-state index is 0.177. The molecule has 6 heteroatoms. The van der Waals surface area contributed by atoms with E-state index in [0.717, 1.165) is 12.3 Å². The number of carbonyl (C=O) groups is 1. The van der Waals surface area contributed by atoms with Gasteiger partial charge in [-0.3, -0.25) is 4.79 Å². The zero-order valence-electron chi connectivity index (χ0n) is 8.54. The lowest BCUT2D eigenvalue weighted by Crippen LogP contribution is -2.16. The van der Waals surface area contributed by atoms with Crippen LogP contribution in [0.4, 0.5) is 4.39 Å². The fraction of sp³-hybridized carbons (Fsp3) is 0.300. The Labute approximate surface area is 98.1 Å². The van der Waals surface area contributed by atoms with E-state index in [0.29, 0.717) is 5.56 Å². The molecule has 16 heavy (non-hydrogen) atoms. The largest absolute Gasteiger partial charge is 0.298 e. The molecule has 3 nitrogen and oxygen atoms in total. The first kappa shape index (κ1) is 13.1. The number of hydrogen-bond acceptors (Lipinski definition) is 3. The molecule has 1 aromatic carbocycles. The minimum Gasteiger partial charge on any atom is -0.298 e. The van der Waals surface area contributed by atoms with Crippen LogP contribution in [-0.4, -0.2) is 26.2 Å². The average Bonchev–Trinajstić information content (AvgIpc) is 2.08. The predicted octanol–water partition coefficient (Wildman–Crippen LogP) is 1.64. The van der Waals surface area contributed by atoms with Crippen molar-refractivity contribution in [1.82, 2.24) is 0 Å². The molecule has 0 heterocycles. The standard InChI is InChI=1S/C10H10ClFO3S/c1-16(14,15)6-9(13)5-7-4-8(12)2-3-10(7)11/h2-4H,5-6H2,1H3. The van der Waals surface area contributed by atoms with Crippen LogP contribution >= 0.6 is 11.6 Å². The molecule has 0 bridgehead atoms. The molecular weight excluding hydrogens is 255 g/mol. The van der Waals surface area contributed by atoms with Crippen LogP contribution in [0.3, 0.4) is 0 Å². The molecule has 0 saturated carbocycles. The zero-order chi connectivity index (χ0) is 12.3. The number of hydrogen-bond donors (Lipinski definition) is 0. The Bertz CT molecular complexity index is 511. The summed E-state index contributed by atoms with van der Waals surface area (Å²) in [5.41, 5.74) is 0.301. The van der Waals surface area contributed by atoms with E-state index in [9.17, 15) is 17.6 Å². The molecule has 88 valence electrons. The summed E-state index contributed by atoms with van der Waals surface area (Å²) >= 11 is 5.74. The first-order valence-electron chi connectivity index (χ1n) is 4.41. The maximum atomic E-state index is 12.8. The summed E-state index contributed by atoms with van der Waals surface area (Å²) in [6, 6.07) is 3.63. The van der Waals surface area contributed by atoms with E-state index in [4.69, 9.17) is 11.6 Å². The Morgan fingerprint density at radius 1 is 1.44 bits per heavy atom. The fourth-order valence-electron chi connectivity index (χ4n) is 1.23. The highest BCUT2D eigenvalue weighted by atomic mass is 35.5. The Kier molecular flexibility index (Phi) is 4.04. The summed E-state index contributed by atoms with van der Waals surface area (Å²) in [6.45, 7) is 0. The number of ketones is 1. The van der Waals surface area contributed by atoms with Crippen molar-refractivity contribution in [2.45, 2.75) is 6.42 Å². The maximum Gasteiger partial charge on any atom is 0.154 e. The van der Waals surface area contributed by atoms with Gasteiger partial charge in [0.2, 0.25) is 0 Å². The summed E-state index contributed by atoms with van der Waals surface area (Å²) < 4.78 is 34.6. The van der Waals surface area contributed by atoms with Crippen LogP contribution < -0.4 is 0 Å². The second-order valence-corrected chi connectivity index (χ2v) is 6.07. The topological polar surface area (TPSA) is 51.2 Å². The molecule has 0 amide bonds. The third-order valence-corrected chi connectivity index (χ3v) is 3.03. The van der Waals surface area contributed by atoms with E-state index in [-0.39, 0.29) is 11.4 Å². The lowest BCUT2D eigenvalue weighted by molar-refractivity contribution is -0.116. The monoisotopic (exact) mass is 264 g/mol. The van der Waals surface area contributed by atoms with Gasteiger partial charge in [-0.15, -0.1) is 0 Å². The number of Topliss-reactive ketones (excluding diaryl/α,β-unsaturated/α-hetero) is 1. The zero-order valence-corrected chi connectivity index (χ0v) is 10.1. The van der Waals surface area contributed by atoms with Crippen molar-refractivity contribution in [2.24, 2.45) is 0 Å². The second kappa shape index (κ2) is 4.93. The molecule has 0 saturated heterocycles. The molecule has 0 spiro atoms. The summed E-state index contributed by atoms with van der Waals surface area (Å²) in [5.74, 6) is -1.57. The SMILES string of the molecule is CS(=O)(=O)CC(=O)Cc1cc(F)ccc1Cl. The van der Waals surface area contributed by atoms with E-state index in [2.05, 4.69) is 0 Å². The summed E-state index contributed by atoms with van der Waals surface area (Å²) in [7, 11) is -3.35. The van der Waals surface area contributed by atoms with Gasteiger partial charge in [0.15, 0.2) is 15.6 Å². The van der Waals surface area contributed by atoms with Crippen LogP contribution in [0.15, 0.2) is 18.2 Å². The molecule has 0 unspecified atom stereocenters. The minimum atomic E-state index is -3.35. The number of rotatable bonds is 4. The van der Waals surface area contributed by atoms with Gasteiger partial charge in [-0.05, 0) is 23.8 Å². The fourth-order valence-corrected chi connectivity index (χ4v) is 2.11. The third kappa shape index (κ3) is 4.28. The van der Waals surface area contributed by atoms with Crippen molar-refractivity contribution in [1.29, 1.82) is 0 Å². The molecule has 0 aliphatic carbocycles. The van der Waals surface area contributed by atoms with Crippen LogP contribution in [-0.2, 0) is 21.1 Å². The lowest BCUT2D eigenvalue weighted by atomic mass is 10.1. The number of benzene rings is 1. The van der Waals surface area contributed by atoms with Gasteiger partial charge in [0.05, 0.1) is 0 Å². The molecule has 0 aliphatic rings. The van der Waals surface area contributed by atoms with Crippen molar-refractivity contribution < 1.29 is 17.6 Å². The molecule has 0 N–H and O–H groups in total. The predicted molar refractivity (Wildman–Crippen MR) is 59.8 cm³/mol. The highest BCUT2D eigenvalue weighted by Crippen LogP contribution is 2.17. The van der Waals surface area contributed by atoms with E-state index in [1.165, 1.54) is 12.1 Å². The molecular formula is C10H10ClFO3S. The van der Waals surface area contributed by atoms with Gasteiger partial charge in [0.1, 0.15) is 11.6 Å². The maximum absolute atomic E-state index is 12.8. The van der Waals surface area contributed by atoms with E-state index < -0.39 is 27.2 Å². The number of carbonyl (C=O) groups excluding carboxylic acids is 1. The van der Waals surface area contributed by atoms with Gasteiger partial charge < -0.3 is 0 Å². The van der Waals surface area contributed by atoms with Crippen LogP contribution in [0, 0.1) is 5.82 Å². The first-order valence-corrected chi connectivity index (χ1v) is 6.85. The summed E-state index contributed by atoms with van der Waals surface area (Å²) in [4.78, 5) is 11.3. The van der Waals surface area contributed by atoms with Gasteiger partial charge in [-0.25, -0.2) is 12.8 Å². The van der Waals surface area contributed by atoms with Crippen molar-refractivity contribution >= 4 is 27.2 Å². The highest BCUT2D eigenvalue weighted by molar-refractivity contribution is 7.91. The Balaban J connectivity index is 2.81. The van der Waals surface area contributed by atoms with Crippen molar-refractivity contribution in [3.8, 4) is 0 Å². The molecule has 0 atom stereocenters. The van der Waals surface area contributed by atoms with Crippen LogP contribution in [0.25, 0.3) is 0 Å². The van der Waals surface area contributed by atoms with E-state index in [1.54, 1.807) is 0 Å². The number of sulfone groups is 1. The highest BCUT2D eigenvalue weighted by Gasteiger charge is 2.13. The molecule has 0 aliphatic heterocycles. The quantitative estimate of drug-likeness (QED) is 0.831. The van der Waals surface area contributed by atoms with Crippen molar-refractivity contribution in [2.75, 3.05) is 12.0 Å². The second-order valence-electron chi connectivity index (χ2n) is 3.52. The van der Waals surface area contributed by atoms with Gasteiger partial charge in [-0.1, -0.05) is 11.6 Å². The normalized spacial score (nSPS) is 11.4. The third-order valence-electron chi connectivity index (χ3n) is 1.82. The first-order chi connectivity index (χ1) is 7.28. The van der Waals surface area contributed by atoms with Crippen molar-refractivity contribution in [3.05, 3.63) is 34.6 Å². The van der Waals surface area contributed by atoms with Crippen LogP contribution in [0.2, 0.25) is 5.02 Å². The number of halogens is 2. The lowest BCUT2D eigenvalue weighted by Gasteiger charge is -2.03. The molecule has 0 fully saturated rings. The average molecular weight is 265 g/mol. The van der Waals surface area contributed by atoms with Gasteiger partial charge in [-0.2, -0.15) is 0 Å². The van der Waals surface area contributed by atoms with Gasteiger partial charge in [0.25, 0.3) is 0 Å². The Morgan fingerprint density at radius 2 is 2.06 bits per heavy atom. The molecule has 0 aromatic heterocycles. The van der Waals surface area contributed by atoms with Crippen molar-refractivity contribution in [3.63, 3.8) is 0 Å². The van der Waals surface area contributed by atoms with Gasteiger partial charge >= 0.3 is 0 Å². The Hall–Kier alpha value is -0.940. The van der Waals surface area contributed by atoms with Gasteiger partial charge in [0, 0.05) is 17.7 Å². The van der Waals surface area contributed by atoms with E-state index >= 15 is 0 Å². The smallest absolute Gasteiger partial charge is 0.154 e. The summed E-state index contributed by atoms with van der Waals surface area (Å²) in [5, 5.41) is 0.253. The molecule has 1 rings (SSSR count). The van der Waals surface area contributed by atoms with E-state index in [1.807, 2.05) is 0 Å². The Morgan fingerprint density at radius 3 is 2.62 bits per heavy atom.